The Labute approximate surface area is 168 Å². The first-order valence-corrected chi connectivity index (χ1v) is 10.6. The summed E-state index contributed by atoms with van der Waals surface area (Å²) in [5.41, 5.74) is 1.57. The number of amides is 2. The van der Waals surface area contributed by atoms with Gasteiger partial charge in [0.25, 0.3) is 5.91 Å². The third-order valence-electron chi connectivity index (χ3n) is 5.23. The van der Waals surface area contributed by atoms with Crippen LogP contribution in [-0.4, -0.2) is 42.4 Å². The van der Waals surface area contributed by atoms with Gasteiger partial charge in [0.2, 0.25) is 5.91 Å². The second kappa shape index (κ2) is 9.20. The van der Waals surface area contributed by atoms with Gasteiger partial charge < -0.3 is 15.0 Å². The van der Waals surface area contributed by atoms with E-state index in [9.17, 15) is 19.6 Å². The maximum Gasteiger partial charge on any atom is 0.326 e. The number of nitriles is 1. The molecule has 150 valence electrons. The Morgan fingerprint density at radius 3 is 2.93 bits per heavy atom. The van der Waals surface area contributed by atoms with Crippen molar-refractivity contribution < 1.29 is 19.1 Å². The van der Waals surface area contributed by atoms with Crippen molar-refractivity contribution in [3.05, 3.63) is 16.0 Å². The molecule has 7 nitrogen and oxygen atoms in total. The Bertz CT molecular complexity index is 811. The van der Waals surface area contributed by atoms with E-state index in [1.54, 1.807) is 0 Å². The molecule has 1 fully saturated rings. The minimum absolute atomic E-state index is 0.0454. The van der Waals surface area contributed by atoms with Crippen LogP contribution < -0.4 is 5.32 Å². The molecule has 1 saturated heterocycles. The van der Waals surface area contributed by atoms with Gasteiger partial charge in [-0.05, 0) is 43.6 Å². The summed E-state index contributed by atoms with van der Waals surface area (Å²) in [5, 5.41) is 12.7. The second-order valence-corrected chi connectivity index (χ2v) is 8.61. The van der Waals surface area contributed by atoms with Crippen molar-refractivity contribution in [3.8, 4) is 6.07 Å². The summed E-state index contributed by atoms with van der Waals surface area (Å²) in [5.74, 6) is -0.538. The third-order valence-corrected chi connectivity index (χ3v) is 6.40. The van der Waals surface area contributed by atoms with E-state index in [1.165, 1.54) is 16.2 Å². The molecular formula is C20H25N3O4S. The molecule has 0 bridgehead atoms. The van der Waals surface area contributed by atoms with Crippen LogP contribution in [0.5, 0.6) is 0 Å². The maximum atomic E-state index is 12.2. The first-order chi connectivity index (χ1) is 13.5. The van der Waals surface area contributed by atoms with Crippen molar-refractivity contribution in [3.63, 3.8) is 0 Å². The lowest BCUT2D eigenvalue weighted by molar-refractivity contribution is -0.151. The first kappa shape index (κ1) is 20.3. The van der Waals surface area contributed by atoms with Crippen molar-refractivity contribution in [1.82, 2.24) is 4.90 Å². The predicted molar refractivity (Wildman–Crippen MR) is 105 cm³/mol. The Kier molecular flexibility index (Phi) is 6.68. The van der Waals surface area contributed by atoms with Crippen molar-refractivity contribution in [2.75, 3.05) is 25.0 Å². The Hall–Kier alpha value is -2.40. The topological polar surface area (TPSA) is 99.5 Å². The molecular weight excluding hydrogens is 378 g/mol. The van der Waals surface area contributed by atoms with Crippen LogP contribution in [0, 0.1) is 17.2 Å². The summed E-state index contributed by atoms with van der Waals surface area (Å²) in [6.07, 6.45) is 5.96. The van der Waals surface area contributed by atoms with Crippen LogP contribution in [0.3, 0.4) is 0 Å². The molecule has 1 N–H and O–H groups in total. The van der Waals surface area contributed by atoms with E-state index in [0.29, 0.717) is 29.4 Å². The van der Waals surface area contributed by atoms with E-state index in [0.717, 1.165) is 49.0 Å². The van der Waals surface area contributed by atoms with E-state index in [2.05, 4.69) is 18.3 Å². The van der Waals surface area contributed by atoms with Crippen LogP contribution in [0.4, 0.5) is 5.00 Å². The van der Waals surface area contributed by atoms with Gasteiger partial charge in [0.15, 0.2) is 6.61 Å². The standard InChI is InChI=1S/C20H25N3O4S/c1-13-6-7-14-15(10-21)20(28-16(14)9-13)22-17(24)12-27-19(26)11-23-8-4-2-3-5-18(23)25/h13H,2-9,11-12H2,1H3,(H,22,24)/t13-/m0/s1. The van der Waals surface area contributed by atoms with Crippen LogP contribution in [0.25, 0.3) is 0 Å². The van der Waals surface area contributed by atoms with Crippen LogP contribution in [0.15, 0.2) is 0 Å². The second-order valence-electron chi connectivity index (χ2n) is 7.50. The number of rotatable bonds is 5. The molecule has 8 heteroatoms. The van der Waals surface area contributed by atoms with E-state index in [1.807, 2.05) is 0 Å². The fourth-order valence-electron chi connectivity index (χ4n) is 3.67. The van der Waals surface area contributed by atoms with Gasteiger partial charge >= 0.3 is 5.97 Å². The number of nitrogens with zero attached hydrogens (tertiary/aromatic N) is 2. The highest BCUT2D eigenvalue weighted by Gasteiger charge is 2.25. The highest BCUT2D eigenvalue weighted by Crippen LogP contribution is 2.39. The number of ether oxygens (including phenoxy) is 1. The molecule has 2 amide bonds. The summed E-state index contributed by atoms with van der Waals surface area (Å²) in [7, 11) is 0. The number of nitrogens with one attached hydrogen (secondary N) is 1. The molecule has 1 aromatic rings. The minimum atomic E-state index is -0.592. The molecule has 1 atom stereocenters. The van der Waals surface area contributed by atoms with Gasteiger partial charge in [-0.1, -0.05) is 13.3 Å². The van der Waals surface area contributed by atoms with Crippen LogP contribution in [0.2, 0.25) is 0 Å². The van der Waals surface area contributed by atoms with Gasteiger partial charge in [-0.2, -0.15) is 5.26 Å². The van der Waals surface area contributed by atoms with E-state index < -0.39 is 18.5 Å². The highest BCUT2D eigenvalue weighted by atomic mass is 32.1. The summed E-state index contributed by atoms with van der Waals surface area (Å²) < 4.78 is 5.04. The number of carbonyl (C=O) groups is 3. The largest absolute Gasteiger partial charge is 0.454 e. The lowest BCUT2D eigenvalue weighted by Gasteiger charge is -2.19. The van der Waals surface area contributed by atoms with Gasteiger partial charge in [-0.3, -0.25) is 14.4 Å². The lowest BCUT2D eigenvalue weighted by Crippen LogP contribution is -2.36. The molecule has 0 aromatic carbocycles. The molecule has 28 heavy (non-hydrogen) atoms. The van der Waals surface area contributed by atoms with E-state index in [-0.39, 0.29) is 12.5 Å². The first-order valence-electron chi connectivity index (χ1n) is 9.75. The molecule has 1 aromatic heterocycles. The molecule has 0 radical (unpaired) electrons. The minimum Gasteiger partial charge on any atom is -0.454 e. The number of fused-ring (bicyclic) bond motifs is 1. The molecule has 0 unspecified atom stereocenters. The molecule has 1 aliphatic carbocycles. The zero-order chi connectivity index (χ0) is 20.1. The predicted octanol–water partition coefficient (Wildman–Crippen LogP) is 2.63. The summed E-state index contributed by atoms with van der Waals surface area (Å²) in [4.78, 5) is 38.8. The Morgan fingerprint density at radius 2 is 2.14 bits per heavy atom. The van der Waals surface area contributed by atoms with Crippen LogP contribution in [-0.2, 0) is 32.0 Å². The Balaban J connectivity index is 1.52. The third kappa shape index (κ3) is 4.90. The van der Waals surface area contributed by atoms with E-state index in [4.69, 9.17) is 4.74 Å². The Morgan fingerprint density at radius 1 is 1.32 bits per heavy atom. The quantitative estimate of drug-likeness (QED) is 0.762. The summed E-state index contributed by atoms with van der Waals surface area (Å²) >= 11 is 1.44. The summed E-state index contributed by atoms with van der Waals surface area (Å²) in [6.45, 7) is 2.18. The van der Waals surface area contributed by atoms with Crippen molar-refractivity contribution >= 4 is 34.1 Å². The molecule has 0 spiro atoms. The molecule has 2 heterocycles. The number of esters is 1. The van der Waals surface area contributed by atoms with E-state index >= 15 is 0 Å². The van der Waals surface area contributed by atoms with Gasteiger partial charge in [0, 0.05) is 17.8 Å². The number of hydrogen-bond acceptors (Lipinski definition) is 6. The maximum absolute atomic E-state index is 12.2. The lowest BCUT2D eigenvalue weighted by atomic mass is 9.89. The normalized spacial score (nSPS) is 19.4. The molecule has 1 aliphatic heterocycles. The fraction of sp³-hybridized carbons (Fsp3) is 0.600. The van der Waals surface area contributed by atoms with Gasteiger partial charge in [0.05, 0.1) is 5.56 Å². The molecule has 0 saturated carbocycles. The molecule has 3 rings (SSSR count). The average Bonchev–Trinajstić information content (AvgIpc) is 2.87. The SMILES string of the molecule is C[C@H]1CCc2c(sc(NC(=O)COC(=O)CN3CCCCCC3=O)c2C#N)C1. The number of hydrogen-bond donors (Lipinski definition) is 1. The number of carbonyl (C=O) groups excluding carboxylic acids is 3. The van der Waals surface area contributed by atoms with Gasteiger partial charge in [-0.25, -0.2) is 0 Å². The average molecular weight is 404 g/mol. The monoisotopic (exact) mass is 403 g/mol. The fourth-order valence-corrected chi connectivity index (χ4v) is 5.05. The van der Waals surface area contributed by atoms with Gasteiger partial charge in [-0.15, -0.1) is 11.3 Å². The highest BCUT2D eigenvalue weighted by molar-refractivity contribution is 7.16. The van der Waals surface area contributed by atoms with Crippen molar-refractivity contribution in [2.24, 2.45) is 5.92 Å². The van der Waals surface area contributed by atoms with Crippen LogP contribution in [0.1, 0.15) is 55.0 Å². The zero-order valence-corrected chi connectivity index (χ0v) is 16.9. The number of likely N-dealkylation sites (tertiary alicyclic amines) is 1. The zero-order valence-electron chi connectivity index (χ0n) is 16.1. The molecule has 2 aliphatic rings. The van der Waals surface area contributed by atoms with Crippen LogP contribution >= 0.6 is 11.3 Å². The van der Waals surface area contributed by atoms with Crippen molar-refractivity contribution in [2.45, 2.75) is 51.9 Å². The number of anilines is 1. The number of thiophene rings is 1. The summed E-state index contributed by atoms with van der Waals surface area (Å²) in [6, 6.07) is 2.20. The van der Waals surface area contributed by atoms with Crippen molar-refractivity contribution in [1.29, 1.82) is 5.26 Å². The smallest absolute Gasteiger partial charge is 0.326 e. The van der Waals surface area contributed by atoms with Gasteiger partial charge in [0.1, 0.15) is 17.6 Å².